The number of hydrogen-bond acceptors (Lipinski definition) is 2. The summed E-state index contributed by atoms with van der Waals surface area (Å²) in [6, 6.07) is -1.01. The van der Waals surface area contributed by atoms with Crippen LogP contribution in [0, 0.1) is 18.3 Å². The van der Waals surface area contributed by atoms with Crippen molar-refractivity contribution in [3.63, 3.8) is 0 Å². The molecule has 1 N–H and O–H groups in total. The average Bonchev–Trinajstić information content (AvgIpc) is 2.53. The number of rotatable bonds is 4. The van der Waals surface area contributed by atoms with Gasteiger partial charge in [-0.3, -0.25) is 4.79 Å². The Bertz CT molecular complexity index is 623. The Kier molecular flexibility index (Phi) is 5.87. The Morgan fingerprint density at radius 3 is 2.75 bits per heavy atom. The van der Waals surface area contributed by atoms with Gasteiger partial charge in [0.2, 0.25) is 0 Å². The highest BCUT2D eigenvalue weighted by Crippen LogP contribution is 2.37. The highest BCUT2D eigenvalue weighted by Gasteiger charge is 2.46. The Balaban J connectivity index is 2.08. The first-order valence-electron chi connectivity index (χ1n) is 7.60. The molecule has 2 aliphatic rings. The molecule has 0 radical (unpaired) electrons. The van der Waals surface area contributed by atoms with Crippen LogP contribution in [0.25, 0.3) is 0 Å². The molecule has 0 bridgehead atoms. The van der Waals surface area contributed by atoms with Crippen LogP contribution in [0.1, 0.15) is 25.7 Å². The van der Waals surface area contributed by atoms with Crippen LogP contribution >= 0.6 is 0 Å². The number of terminal acetylenes is 1. The number of carbonyl (C=O) groups is 1. The van der Waals surface area contributed by atoms with Crippen molar-refractivity contribution < 1.29 is 27.1 Å². The molecule has 1 saturated carbocycles. The lowest BCUT2D eigenvalue weighted by Gasteiger charge is -2.33. The van der Waals surface area contributed by atoms with Gasteiger partial charge in [-0.05, 0) is 25.0 Å². The van der Waals surface area contributed by atoms with Crippen molar-refractivity contribution in [2.75, 3.05) is 6.61 Å². The van der Waals surface area contributed by atoms with Crippen LogP contribution in [0.15, 0.2) is 29.3 Å². The van der Waals surface area contributed by atoms with Crippen molar-refractivity contribution in [1.82, 2.24) is 5.32 Å². The molecule has 3 nitrogen and oxygen atoms in total. The summed E-state index contributed by atoms with van der Waals surface area (Å²) in [4.78, 5) is 12.1. The number of nitrogens with one attached hydrogen (secondary N) is 1. The van der Waals surface area contributed by atoms with Crippen LogP contribution in [-0.2, 0) is 9.53 Å². The minimum Gasteiger partial charge on any atom is -0.354 e. The van der Waals surface area contributed by atoms with Gasteiger partial charge in [0.1, 0.15) is 12.7 Å². The fraction of sp³-hybridized carbons (Fsp3) is 0.529. The zero-order valence-corrected chi connectivity index (χ0v) is 12.8. The van der Waals surface area contributed by atoms with Gasteiger partial charge in [0.25, 0.3) is 5.91 Å². The highest BCUT2D eigenvalue weighted by molar-refractivity contribution is 5.96. The zero-order valence-electron chi connectivity index (χ0n) is 12.8. The van der Waals surface area contributed by atoms with Crippen molar-refractivity contribution in [3.05, 3.63) is 29.3 Å². The molecule has 0 saturated heterocycles. The molecule has 0 aromatic rings. The molecule has 130 valence electrons. The summed E-state index contributed by atoms with van der Waals surface area (Å²) in [6.45, 7) is -0.110. The lowest BCUT2D eigenvalue weighted by atomic mass is 9.84. The Morgan fingerprint density at radius 2 is 2.12 bits per heavy atom. The van der Waals surface area contributed by atoms with E-state index in [0.29, 0.717) is 12.8 Å². The highest BCUT2D eigenvalue weighted by atomic mass is 19.4. The fourth-order valence-electron chi connectivity index (χ4n) is 2.85. The topological polar surface area (TPSA) is 38.3 Å². The van der Waals surface area contributed by atoms with Crippen molar-refractivity contribution in [2.45, 2.75) is 44.0 Å². The van der Waals surface area contributed by atoms with Crippen LogP contribution in [0.2, 0.25) is 0 Å². The van der Waals surface area contributed by atoms with Crippen LogP contribution < -0.4 is 5.32 Å². The zero-order chi connectivity index (χ0) is 17.7. The van der Waals surface area contributed by atoms with Crippen LogP contribution in [0.3, 0.4) is 0 Å². The standard InChI is InChI=1S/C17H17F4NO2/c1-2-9-24-15-8-7-11(10-13(15)18)16(23)22-14-6-4-3-5-12(14)17(19,20)21/h1,7-8,12,14-15H,3-6,9H2,(H,22,23). The van der Waals surface area contributed by atoms with Gasteiger partial charge in [0.05, 0.1) is 11.5 Å². The van der Waals surface area contributed by atoms with Gasteiger partial charge in [0.15, 0.2) is 5.83 Å². The van der Waals surface area contributed by atoms with E-state index in [1.54, 1.807) is 0 Å². The van der Waals surface area contributed by atoms with Gasteiger partial charge < -0.3 is 10.1 Å². The molecule has 1 fully saturated rings. The molecule has 2 aliphatic carbocycles. The lowest BCUT2D eigenvalue weighted by molar-refractivity contribution is -0.189. The summed E-state index contributed by atoms with van der Waals surface area (Å²) < 4.78 is 57.9. The first kappa shape index (κ1) is 18.3. The van der Waals surface area contributed by atoms with Crippen molar-refractivity contribution in [3.8, 4) is 12.3 Å². The summed E-state index contributed by atoms with van der Waals surface area (Å²) >= 11 is 0. The minimum atomic E-state index is -4.37. The predicted molar refractivity (Wildman–Crippen MR) is 79.3 cm³/mol. The monoisotopic (exact) mass is 343 g/mol. The molecule has 0 aliphatic heterocycles. The summed E-state index contributed by atoms with van der Waals surface area (Å²) in [6.07, 6.45) is 3.46. The molecule has 0 heterocycles. The number of alkyl halides is 3. The Hall–Kier alpha value is -2.03. The molecule has 24 heavy (non-hydrogen) atoms. The van der Waals surface area contributed by atoms with Crippen LogP contribution in [0.5, 0.6) is 0 Å². The molecule has 3 unspecified atom stereocenters. The molecule has 0 spiro atoms. The molecule has 7 heteroatoms. The molecular weight excluding hydrogens is 326 g/mol. The SMILES string of the molecule is C#CCOC1C=CC(C(=O)NC2CCCCC2C(F)(F)F)=C=C1F. The summed E-state index contributed by atoms with van der Waals surface area (Å²) in [5.74, 6) is -1.01. The second-order valence-corrected chi connectivity index (χ2v) is 5.69. The smallest absolute Gasteiger partial charge is 0.354 e. The summed E-state index contributed by atoms with van der Waals surface area (Å²) in [5, 5.41) is 2.36. The van der Waals surface area contributed by atoms with Crippen LogP contribution in [0.4, 0.5) is 17.6 Å². The largest absolute Gasteiger partial charge is 0.393 e. The summed E-state index contributed by atoms with van der Waals surface area (Å²) in [5.41, 5.74) is 2.04. The van der Waals surface area contributed by atoms with Crippen LogP contribution in [-0.4, -0.2) is 30.8 Å². The molecule has 0 aromatic carbocycles. The second-order valence-electron chi connectivity index (χ2n) is 5.69. The third-order valence-electron chi connectivity index (χ3n) is 4.04. The van der Waals surface area contributed by atoms with E-state index in [4.69, 9.17) is 11.2 Å². The van der Waals surface area contributed by atoms with E-state index in [1.807, 2.05) is 0 Å². The van der Waals surface area contributed by atoms with E-state index in [9.17, 15) is 22.4 Å². The maximum Gasteiger partial charge on any atom is 0.393 e. The number of halogens is 4. The molecule has 2 rings (SSSR count). The Morgan fingerprint density at radius 1 is 1.42 bits per heavy atom. The van der Waals surface area contributed by atoms with Crippen molar-refractivity contribution in [2.24, 2.45) is 5.92 Å². The quantitative estimate of drug-likeness (QED) is 0.484. The van der Waals surface area contributed by atoms with Gasteiger partial charge in [0, 0.05) is 6.04 Å². The first-order chi connectivity index (χ1) is 11.3. The van der Waals surface area contributed by atoms with E-state index in [0.717, 1.165) is 0 Å². The summed E-state index contributed by atoms with van der Waals surface area (Å²) in [7, 11) is 0. The average molecular weight is 343 g/mol. The van der Waals surface area contributed by atoms with E-state index >= 15 is 0 Å². The normalized spacial score (nSPS) is 27.0. The van der Waals surface area contributed by atoms with Crippen molar-refractivity contribution in [1.29, 1.82) is 0 Å². The maximum absolute atomic E-state index is 13.8. The van der Waals surface area contributed by atoms with Gasteiger partial charge in [-0.15, -0.1) is 6.42 Å². The minimum absolute atomic E-state index is 0.0183. The molecule has 0 aromatic heterocycles. The second kappa shape index (κ2) is 7.69. The first-order valence-corrected chi connectivity index (χ1v) is 7.60. The van der Waals surface area contributed by atoms with Gasteiger partial charge in [-0.1, -0.05) is 24.5 Å². The van der Waals surface area contributed by atoms with Crippen molar-refractivity contribution >= 4 is 5.91 Å². The van der Waals surface area contributed by atoms with E-state index in [2.05, 4.69) is 17.0 Å². The number of carbonyl (C=O) groups excluding carboxylic acids is 1. The van der Waals surface area contributed by atoms with E-state index in [1.165, 1.54) is 12.2 Å². The number of amides is 1. The van der Waals surface area contributed by atoms with Gasteiger partial charge in [-0.25, -0.2) is 0 Å². The predicted octanol–water partition coefficient (Wildman–Crippen LogP) is 3.19. The lowest BCUT2D eigenvalue weighted by Crippen LogP contribution is -2.48. The molecule has 3 atom stereocenters. The van der Waals surface area contributed by atoms with Gasteiger partial charge in [-0.2, -0.15) is 17.6 Å². The van der Waals surface area contributed by atoms with E-state index in [-0.39, 0.29) is 25.0 Å². The number of ether oxygens (including phenoxy) is 1. The third kappa shape index (κ3) is 4.50. The maximum atomic E-state index is 13.8. The molecule has 1 amide bonds. The van der Waals surface area contributed by atoms with Gasteiger partial charge >= 0.3 is 6.18 Å². The molecular formula is C17H17F4NO2. The third-order valence-corrected chi connectivity index (χ3v) is 4.04. The number of hydrogen-bond donors (Lipinski definition) is 1. The fourth-order valence-corrected chi connectivity index (χ4v) is 2.85. The van der Waals surface area contributed by atoms with E-state index < -0.39 is 36.0 Å². The Labute approximate surface area is 137 Å².